The summed E-state index contributed by atoms with van der Waals surface area (Å²) >= 11 is 9.35. The number of halogens is 1. The smallest absolute Gasteiger partial charge is 0.177 e. The summed E-state index contributed by atoms with van der Waals surface area (Å²) in [6.45, 7) is 2.99. The highest BCUT2D eigenvalue weighted by molar-refractivity contribution is 8.01. The number of aryl methyl sites for hydroxylation is 1. The Hall–Kier alpha value is -1.90. The lowest BCUT2D eigenvalue weighted by atomic mass is 10.3. The van der Waals surface area contributed by atoms with Gasteiger partial charge in [0.2, 0.25) is 0 Å². The van der Waals surface area contributed by atoms with Crippen LogP contribution in [0.15, 0.2) is 34.0 Å². The van der Waals surface area contributed by atoms with Crippen LogP contribution in [-0.2, 0) is 6.54 Å². The number of para-hydroxylation sites is 1. The molecule has 2 N–H and O–H groups in total. The Bertz CT molecular complexity index is 1060. The van der Waals surface area contributed by atoms with Crippen molar-refractivity contribution < 1.29 is 0 Å². The number of anilines is 1. The number of aromatic nitrogens is 5. The summed E-state index contributed by atoms with van der Waals surface area (Å²) in [5.74, 6) is 0.398. The quantitative estimate of drug-likeness (QED) is 0.535. The van der Waals surface area contributed by atoms with Crippen LogP contribution in [0.2, 0.25) is 5.02 Å². The van der Waals surface area contributed by atoms with Crippen molar-refractivity contribution in [3.63, 3.8) is 0 Å². The normalized spacial score (nSPS) is 11.6. The molecule has 0 fully saturated rings. The summed E-state index contributed by atoms with van der Waals surface area (Å²) in [5, 5.41) is 1.49. The standard InChI is InChI=1S/C16H15ClN6S2/c1-2-3-7-23-14-12(13(18)19-8-20-14)21-15(23)25-16-22-11-9(17)5-4-6-10(11)24-16/h4-6,8H,2-3,7H2,1H3,(H2,18,19,20). The van der Waals surface area contributed by atoms with Gasteiger partial charge in [-0.3, -0.25) is 0 Å². The van der Waals surface area contributed by atoms with Gasteiger partial charge >= 0.3 is 0 Å². The molecule has 0 aliphatic heterocycles. The molecule has 0 amide bonds. The molecule has 0 bridgehead atoms. The van der Waals surface area contributed by atoms with Gasteiger partial charge in [-0.2, -0.15) is 0 Å². The molecule has 4 rings (SSSR count). The fraction of sp³-hybridized carbons (Fsp3) is 0.250. The highest BCUT2D eigenvalue weighted by Gasteiger charge is 2.17. The van der Waals surface area contributed by atoms with Crippen molar-refractivity contribution in [3.05, 3.63) is 29.5 Å². The van der Waals surface area contributed by atoms with Gasteiger partial charge in [-0.15, -0.1) is 11.3 Å². The van der Waals surface area contributed by atoms with Crippen LogP contribution in [0.3, 0.4) is 0 Å². The van der Waals surface area contributed by atoms with E-state index < -0.39 is 0 Å². The average Bonchev–Trinajstić information content (AvgIpc) is 3.16. The molecule has 0 aliphatic rings. The molecule has 0 unspecified atom stereocenters. The number of nitrogen functional groups attached to an aromatic ring is 1. The molecule has 9 heteroatoms. The van der Waals surface area contributed by atoms with Crippen molar-refractivity contribution in [1.82, 2.24) is 24.5 Å². The molecule has 3 aromatic heterocycles. The lowest BCUT2D eigenvalue weighted by Gasteiger charge is -2.05. The second kappa shape index (κ2) is 6.78. The van der Waals surface area contributed by atoms with Crippen LogP contribution in [0.4, 0.5) is 5.82 Å². The van der Waals surface area contributed by atoms with Gasteiger partial charge in [0, 0.05) is 6.54 Å². The Morgan fingerprint density at radius 1 is 1.24 bits per heavy atom. The fourth-order valence-electron chi connectivity index (χ4n) is 2.55. The van der Waals surface area contributed by atoms with Gasteiger partial charge in [-0.05, 0) is 30.3 Å². The summed E-state index contributed by atoms with van der Waals surface area (Å²) in [6.07, 6.45) is 3.60. The summed E-state index contributed by atoms with van der Waals surface area (Å²) < 4.78 is 4.04. The third-order valence-corrected chi connectivity index (χ3v) is 6.17. The Morgan fingerprint density at radius 2 is 2.12 bits per heavy atom. The maximum Gasteiger partial charge on any atom is 0.177 e. The van der Waals surface area contributed by atoms with E-state index in [2.05, 4.69) is 31.4 Å². The number of nitrogens with two attached hydrogens (primary N) is 1. The van der Waals surface area contributed by atoms with E-state index in [1.54, 1.807) is 11.3 Å². The molecular weight excluding hydrogens is 376 g/mol. The van der Waals surface area contributed by atoms with Gasteiger partial charge in [0.15, 0.2) is 26.5 Å². The molecule has 1 aromatic carbocycles. The van der Waals surface area contributed by atoms with Gasteiger partial charge < -0.3 is 10.3 Å². The molecule has 6 nitrogen and oxygen atoms in total. The minimum Gasteiger partial charge on any atom is -0.382 e. The lowest BCUT2D eigenvalue weighted by molar-refractivity contribution is 0.598. The average molecular weight is 391 g/mol. The molecular formula is C16H15ClN6S2. The van der Waals surface area contributed by atoms with Gasteiger partial charge in [0.05, 0.1) is 9.72 Å². The van der Waals surface area contributed by atoms with Crippen LogP contribution in [0, 0.1) is 0 Å². The van der Waals surface area contributed by atoms with Crippen molar-refractivity contribution in [2.45, 2.75) is 35.8 Å². The van der Waals surface area contributed by atoms with Crippen molar-refractivity contribution in [1.29, 1.82) is 0 Å². The molecule has 0 radical (unpaired) electrons. The van der Waals surface area contributed by atoms with Crippen molar-refractivity contribution in [3.8, 4) is 0 Å². The van der Waals surface area contributed by atoms with E-state index in [9.17, 15) is 0 Å². The number of rotatable bonds is 5. The first kappa shape index (κ1) is 16.6. The molecule has 3 heterocycles. The number of imidazole rings is 1. The Labute approximate surface area is 157 Å². The number of benzene rings is 1. The van der Waals surface area contributed by atoms with E-state index in [1.807, 2.05) is 18.2 Å². The zero-order chi connectivity index (χ0) is 17.4. The van der Waals surface area contributed by atoms with Gasteiger partial charge in [-0.1, -0.05) is 31.0 Å². The van der Waals surface area contributed by atoms with Crippen LogP contribution in [0.25, 0.3) is 21.4 Å². The van der Waals surface area contributed by atoms with Crippen LogP contribution in [-0.4, -0.2) is 24.5 Å². The van der Waals surface area contributed by atoms with Crippen LogP contribution < -0.4 is 5.73 Å². The number of hydrogen-bond acceptors (Lipinski definition) is 7. The molecule has 25 heavy (non-hydrogen) atoms. The highest BCUT2D eigenvalue weighted by Crippen LogP contribution is 2.37. The molecule has 0 saturated heterocycles. The van der Waals surface area contributed by atoms with Gasteiger partial charge in [-0.25, -0.2) is 19.9 Å². The number of fused-ring (bicyclic) bond motifs is 2. The van der Waals surface area contributed by atoms with E-state index in [0.717, 1.165) is 44.7 Å². The van der Waals surface area contributed by atoms with Crippen LogP contribution in [0.5, 0.6) is 0 Å². The SMILES string of the molecule is CCCCn1c(Sc2nc3c(Cl)cccc3s2)nc2c(N)ncnc21. The fourth-order valence-corrected chi connectivity index (χ4v) is 4.92. The summed E-state index contributed by atoms with van der Waals surface area (Å²) in [7, 11) is 0. The van der Waals surface area contributed by atoms with E-state index in [0.29, 0.717) is 16.4 Å². The Kier molecular flexibility index (Phi) is 4.49. The number of unbranched alkanes of at least 4 members (excludes halogenated alkanes) is 1. The molecule has 0 spiro atoms. The maximum atomic E-state index is 6.24. The number of nitrogens with zero attached hydrogens (tertiary/aromatic N) is 5. The van der Waals surface area contributed by atoms with E-state index in [4.69, 9.17) is 17.3 Å². The second-order valence-corrected chi connectivity index (χ2v) is 8.15. The minimum atomic E-state index is 0.398. The van der Waals surface area contributed by atoms with Crippen molar-refractivity contribution >= 4 is 61.9 Å². The van der Waals surface area contributed by atoms with E-state index >= 15 is 0 Å². The predicted molar refractivity (Wildman–Crippen MR) is 103 cm³/mol. The molecule has 128 valence electrons. The van der Waals surface area contributed by atoms with E-state index in [1.165, 1.54) is 18.1 Å². The van der Waals surface area contributed by atoms with Crippen molar-refractivity contribution in [2.75, 3.05) is 5.73 Å². The van der Waals surface area contributed by atoms with Crippen LogP contribution >= 0.6 is 34.7 Å². The molecule has 4 aromatic rings. The monoisotopic (exact) mass is 390 g/mol. The topological polar surface area (TPSA) is 82.5 Å². The van der Waals surface area contributed by atoms with Crippen LogP contribution in [0.1, 0.15) is 19.8 Å². The summed E-state index contributed by atoms with van der Waals surface area (Å²) in [4.78, 5) is 17.7. The third kappa shape index (κ3) is 3.05. The molecule has 0 atom stereocenters. The highest BCUT2D eigenvalue weighted by atomic mass is 35.5. The first-order valence-electron chi connectivity index (χ1n) is 7.87. The third-order valence-electron chi connectivity index (χ3n) is 3.79. The molecule has 0 saturated carbocycles. The largest absolute Gasteiger partial charge is 0.382 e. The predicted octanol–water partition coefficient (Wildman–Crippen LogP) is 4.62. The first-order valence-corrected chi connectivity index (χ1v) is 9.88. The van der Waals surface area contributed by atoms with E-state index in [-0.39, 0.29) is 0 Å². The maximum absolute atomic E-state index is 6.24. The first-order chi connectivity index (χ1) is 12.2. The zero-order valence-corrected chi connectivity index (χ0v) is 15.8. The zero-order valence-electron chi connectivity index (χ0n) is 13.4. The Balaban J connectivity index is 1.79. The van der Waals surface area contributed by atoms with Gasteiger partial charge in [0.25, 0.3) is 0 Å². The van der Waals surface area contributed by atoms with Crippen molar-refractivity contribution in [2.24, 2.45) is 0 Å². The number of thiazole rings is 1. The summed E-state index contributed by atoms with van der Waals surface area (Å²) in [6, 6.07) is 5.81. The minimum absolute atomic E-state index is 0.398. The second-order valence-electron chi connectivity index (χ2n) is 5.50. The van der Waals surface area contributed by atoms with Gasteiger partial charge in [0.1, 0.15) is 11.8 Å². The Morgan fingerprint density at radius 3 is 2.92 bits per heavy atom. The number of hydrogen-bond donors (Lipinski definition) is 1. The summed E-state index contributed by atoms with van der Waals surface area (Å²) in [5.41, 5.74) is 8.21. The molecule has 0 aliphatic carbocycles. The lowest BCUT2D eigenvalue weighted by Crippen LogP contribution is -2.01.